The second kappa shape index (κ2) is 28.1. The van der Waals surface area contributed by atoms with Gasteiger partial charge in [-0.25, -0.2) is 0 Å². The number of carbonyl (C=O) groups is 1. The van der Waals surface area contributed by atoms with Crippen molar-refractivity contribution in [1.29, 1.82) is 0 Å². The van der Waals surface area contributed by atoms with Crippen molar-refractivity contribution in [2.75, 3.05) is 33.4 Å². The van der Waals surface area contributed by atoms with E-state index in [1.807, 2.05) is 20.9 Å². The number of rotatable bonds is 14. The Balaban J connectivity index is 0. The molecule has 0 saturated carbocycles. The first kappa shape index (κ1) is 33.2. The van der Waals surface area contributed by atoms with Gasteiger partial charge in [0.15, 0.2) is 12.0 Å². The van der Waals surface area contributed by atoms with Crippen LogP contribution in [0.1, 0.15) is 94.8 Å². The molecule has 0 aliphatic carbocycles. The van der Waals surface area contributed by atoms with Gasteiger partial charge in [0.1, 0.15) is 12.3 Å². The van der Waals surface area contributed by atoms with Gasteiger partial charge in [0, 0.05) is 25.9 Å². The fourth-order valence-electron chi connectivity index (χ4n) is 3.20. The fraction of sp³-hybridized carbons (Fsp3) is 0.704. The van der Waals surface area contributed by atoms with Gasteiger partial charge < -0.3 is 19.3 Å². The number of nitrogens with zero attached hydrogens (tertiary/aromatic N) is 1. The topological polar surface area (TPSA) is 73.6 Å². The van der Waals surface area contributed by atoms with E-state index < -0.39 is 0 Å². The van der Waals surface area contributed by atoms with E-state index in [-0.39, 0.29) is 0 Å². The van der Waals surface area contributed by atoms with E-state index in [1.54, 1.807) is 6.07 Å². The third-order valence-electron chi connectivity index (χ3n) is 4.92. The lowest BCUT2D eigenvalue weighted by Crippen LogP contribution is -2.25. The van der Waals surface area contributed by atoms with Crippen molar-refractivity contribution in [2.24, 2.45) is 5.92 Å². The number of terminal acetylenes is 1. The molecule has 1 aliphatic heterocycles. The minimum Gasteiger partial charge on any atom is -0.381 e. The fourth-order valence-corrected chi connectivity index (χ4v) is 3.20. The van der Waals surface area contributed by atoms with Gasteiger partial charge in [-0.3, -0.25) is 4.79 Å². The van der Waals surface area contributed by atoms with Gasteiger partial charge in [0.25, 0.3) is 0 Å². The van der Waals surface area contributed by atoms with Crippen molar-refractivity contribution in [3.05, 3.63) is 29.7 Å². The maximum absolute atomic E-state index is 10.4. The lowest BCUT2D eigenvalue weighted by atomic mass is 10.0. The zero-order valence-corrected chi connectivity index (χ0v) is 21.5. The molecule has 0 aromatic carbocycles. The van der Waals surface area contributed by atoms with E-state index in [2.05, 4.69) is 42.4 Å². The highest BCUT2D eigenvalue weighted by molar-refractivity contribution is 5.71. The van der Waals surface area contributed by atoms with Gasteiger partial charge in [-0.1, -0.05) is 56.8 Å². The number of unbranched alkanes of at least 4 members (excludes halogenated alkanes) is 6. The van der Waals surface area contributed by atoms with Crippen LogP contribution in [0.15, 0.2) is 22.7 Å². The summed E-state index contributed by atoms with van der Waals surface area (Å²) in [6.07, 6.45) is 24.2. The monoisotopic (exact) mass is 464 g/mol. The lowest BCUT2D eigenvalue weighted by molar-refractivity contribution is 0.0669. The Kier molecular flexibility index (Phi) is 28.3. The summed E-state index contributed by atoms with van der Waals surface area (Å²) in [4.78, 5) is 10.4. The van der Waals surface area contributed by atoms with Gasteiger partial charge in [-0.05, 0) is 58.5 Å². The molecule has 1 aromatic rings. The number of hydrogen-bond acceptors (Lipinski definition) is 6. The van der Waals surface area contributed by atoms with Crippen LogP contribution in [0.25, 0.3) is 0 Å². The number of carbonyl (C=O) groups excluding carboxylic acids is 1. The molecular weight excluding hydrogens is 416 g/mol. The zero-order chi connectivity index (χ0) is 25.0. The molecule has 6 nitrogen and oxygen atoms in total. The summed E-state index contributed by atoms with van der Waals surface area (Å²) < 4.78 is 15.6. The summed E-state index contributed by atoms with van der Waals surface area (Å²) >= 11 is 0. The van der Waals surface area contributed by atoms with Crippen LogP contribution in [0.2, 0.25) is 0 Å². The smallest absolute Gasteiger partial charge is 0.171 e. The highest BCUT2D eigenvalue weighted by Gasteiger charge is 2.11. The molecule has 0 spiro atoms. The second-order valence-electron chi connectivity index (χ2n) is 7.48. The third kappa shape index (κ3) is 21.7. The van der Waals surface area contributed by atoms with Gasteiger partial charge >= 0.3 is 0 Å². The Morgan fingerprint density at radius 1 is 1.12 bits per heavy atom. The summed E-state index contributed by atoms with van der Waals surface area (Å²) in [5, 5.41) is 6.76. The van der Waals surface area contributed by atoms with Crippen LogP contribution >= 0.6 is 0 Å². The van der Waals surface area contributed by atoms with E-state index in [9.17, 15) is 4.79 Å². The minimum atomic E-state index is 0.321. The number of aldehydes is 1. The van der Waals surface area contributed by atoms with Crippen molar-refractivity contribution < 1.29 is 18.8 Å². The average Bonchev–Trinajstić information content (AvgIpc) is 3.34. The van der Waals surface area contributed by atoms with Crippen molar-refractivity contribution >= 4 is 6.29 Å². The molecule has 1 aromatic heterocycles. The van der Waals surface area contributed by atoms with E-state index in [0.717, 1.165) is 38.7 Å². The van der Waals surface area contributed by atoms with Crippen LogP contribution in [0.4, 0.5) is 0 Å². The molecule has 1 N–H and O–H groups in total. The van der Waals surface area contributed by atoms with E-state index in [0.29, 0.717) is 24.3 Å². The Hall–Kier alpha value is -1.94. The molecule has 1 saturated heterocycles. The van der Waals surface area contributed by atoms with Crippen LogP contribution in [0.5, 0.6) is 0 Å². The van der Waals surface area contributed by atoms with Gasteiger partial charge in [0.2, 0.25) is 0 Å². The Bertz CT molecular complexity index is 561. The molecule has 6 heteroatoms. The first-order valence-corrected chi connectivity index (χ1v) is 12.5. The quantitative estimate of drug-likeness (QED) is 0.152. The van der Waals surface area contributed by atoms with Crippen LogP contribution in [0, 0.1) is 18.8 Å². The first-order valence-electron chi connectivity index (χ1n) is 12.5. The number of nitrogens with one attached hydrogen (secondary N) is 1. The van der Waals surface area contributed by atoms with Crippen molar-refractivity contribution in [1.82, 2.24) is 10.5 Å². The largest absolute Gasteiger partial charge is 0.381 e. The van der Waals surface area contributed by atoms with E-state index >= 15 is 0 Å². The van der Waals surface area contributed by atoms with E-state index in [1.165, 1.54) is 51.4 Å². The highest BCUT2D eigenvalue weighted by atomic mass is 16.5. The summed E-state index contributed by atoms with van der Waals surface area (Å²) in [5.41, 5.74) is 0.321. The molecule has 2 rings (SSSR count). The normalized spacial score (nSPS) is 13.2. The number of allylic oxidation sites excluding steroid dienone is 2. The molecule has 1 aliphatic rings. The number of hydrogen-bond donors (Lipinski definition) is 1. The Morgan fingerprint density at radius 3 is 2.33 bits per heavy atom. The average molecular weight is 465 g/mol. The Labute approximate surface area is 202 Å². The molecule has 2 heterocycles. The highest BCUT2D eigenvalue weighted by Crippen LogP contribution is 2.12. The van der Waals surface area contributed by atoms with Crippen molar-refractivity contribution in [3.63, 3.8) is 0 Å². The molecule has 33 heavy (non-hydrogen) atoms. The Morgan fingerprint density at radius 2 is 1.76 bits per heavy atom. The zero-order valence-electron chi connectivity index (χ0n) is 21.5. The maximum Gasteiger partial charge on any atom is 0.171 e. The van der Waals surface area contributed by atoms with Gasteiger partial charge in [-0.15, -0.1) is 12.8 Å². The summed E-state index contributed by atoms with van der Waals surface area (Å²) in [5.74, 6) is 1.47. The molecule has 0 unspecified atom stereocenters. The predicted molar refractivity (Wildman–Crippen MR) is 137 cm³/mol. The predicted octanol–water partition coefficient (Wildman–Crippen LogP) is 6.22. The summed E-state index contributed by atoms with van der Waals surface area (Å²) in [7, 11) is 2.01. The third-order valence-corrected chi connectivity index (χ3v) is 4.92. The number of ether oxygens (including phenoxy) is 2. The molecular formula is C27H48N2O4. The molecule has 0 bridgehead atoms. The first-order chi connectivity index (χ1) is 16.3. The number of aromatic nitrogens is 1. The van der Waals surface area contributed by atoms with Crippen LogP contribution in [0.3, 0.4) is 0 Å². The lowest BCUT2D eigenvalue weighted by Gasteiger charge is -2.21. The maximum atomic E-state index is 10.4. The molecule has 1 fully saturated rings. The molecule has 0 radical (unpaired) electrons. The van der Waals surface area contributed by atoms with Gasteiger partial charge in [-0.2, -0.15) is 0 Å². The summed E-state index contributed by atoms with van der Waals surface area (Å²) in [6, 6.07) is 1.61. The summed E-state index contributed by atoms with van der Waals surface area (Å²) in [6.45, 7) is 10.3. The van der Waals surface area contributed by atoms with Crippen LogP contribution in [-0.4, -0.2) is 44.9 Å². The van der Waals surface area contributed by atoms with Crippen molar-refractivity contribution in [2.45, 2.75) is 85.2 Å². The standard InChI is InChI=1S/C16H25NO3.C7H15NO.C2H6.C2H2/c1-2-3-4-5-6-7-8-9-10-11-19-14-16-12-15(13-18)17-20-16;1-8-6-7-2-4-9-5-3-7;2*1-2/h2-3,12-13H,4-11,14H2,1H3;7-8H,2-6H2,1H3;1-2H3;1-2H/b3-2-;;;. The van der Waals surface area contributed by atoms with Crippen LogP contribution < -0.4 is 5.32 Å². The molecule has 0 atom stereocenters. The molecule has 190 valence electrons. The SMILES string of the molecule is C#C.C/C=C\CCCCCCCCOCc1cc(C=O)no1.CC.CNCC1CCOCC1. The van der Waals surface area contributed by atoms with Gasteiger partial charge in [0.05, 0.1) is 0 Å². The van der Waals surface area contributed by atoms with Crippen LogP contribution in [-0.2, 0) is 16.1 Å². The molecule has 0 amide bonds. The van der Waals surface area contributed by atoms with E-state index in [4.69, 9.17) is 14.0 Å². The minimum absolute atomic E-state index is 0.321. The second-order valence-corrected chi connectivity index (χ2v) is 7.48. The van der Waals surface area contributed by atoms with Crippen molar-refractivity contribution in [3.8, 4) is 12.8 Å².